The zero-order chi connectivity index (χ0) is 9.26. The second-order valence-electron chi connectivity index (χ2n) is 3.10. The molecule has 4 heteroatoms. The number of carbonyl (C=O) groups is 2. The number of aldehydes is 1. The summed E-state index contributed by atoms with van der Waals surface area (Å²) in [6.07, 6.45) is 2.92. The summed E-state index contributed by atoms with van der Waals surface area (Å²) in [6.45, 7) is 0. The quantitative estimate of drug-likeness (QED) is 0.742. The molecule has 0 spiro atoms. The van der Waals surface area contributed by atoms with Crippen molar-refractivity contribution in [2.45, 2.75) is 18.9 Å². The smallest absolute Gasteiger partial charge is 0.252 e. The van der Waals surface area contributed by atoms with Crippen LogP contribution < -0.4 is 5.32 Å². The van der Waals surface area contributed by atoms with Crippen molar-refractivity contribution in [1.29, 1.82) is 0 Å². The lowest BCUT2D eigenvalue weighted by Crippen LogP contribution is -2.24. The number of rotatable bonds is 3. The highest BCUT2D eigenvalue weighted by molar-refractivity contribution is 7.12. The van der Waals surface area contributed by atoms with Crippen molar-refractivity contribution in [3.63, 3.8) is 0 Å². The molecule has 1 N–H and O–H groups in total. The van der Waals surface area contributed by atoms with Crippen LogP contribution in [-0.2, 0) is 0 Å². The molecule has 2 rings (SSSR count). The zero-order valence-electron chi connectivity index (χ0n) is 6.95. The molecule has 3 nitrogen and oxygen atoms in total. The second-order valence-corrected chi connectivity index (χ2v) is 4.05. The first kappa shape index (κ1) is 8.44. The highest BCUT2D eigenvalue weighted by Crippen LogP contribution is 2.20. The number of hydrogen-bond acceptors (Lipinski definition) is 3. The zero-order valence-corrected chi connectivity index (χ0v) is 7.76. The normalized spacial score (nSPS) is 15.4. The molecule has 0 radical (unpaired) electrons. The average molecular weight is 195 g/mol. The van der Waals surface area contributed by atoms with Crippen LogP contribution in [0.15, 0.2) is 11.4 Å². The van der Waals surface area contributed by atoms with Crippen molar-refractivity contribution >= 4 is 23.5 Å². The van der Waals surface area contributed by atoms with E-state index in [4.69, 9.17) is 0 Å². The fourth-order valence-electron chi connectivity index (χ4n) is 1.03. The van der Waals surface area contributed by atoms with Gasteiger partial charge >= 0.3 is 0 Å². The van der Waals surface area contributed by atoms with E-state index in [0.717, 1.165) is 19.1 Å². The fraction of sp³-hybridized carbons (Fsp3) is 0.333. The number of hydrogen-bond donors (Lipinski definition) is 1. The second kappa shape index (κ2) is 3.30. The van der Waals surface area contributed by atoms with Crippen molar-refractivity contribution in [2.75, 3.05) is 0 Å². The van der Waals surface area contributed by atoms with Crippen LogP contribution in [0, 0.1) is 0 Å². The molecule has 1 aromatic rings. The van der Waals surface area contributed by atoms with Crippen molar-refractivity contribution in [2.24, 2.45) is 0 Å². The molecule has 0 atom stereocenters. The third kappa shape index (κ3) is 1.95. The van der Waals surface area contributed by atoms with Gasteiger partial charge in [0.15, 0.2) is 6.29 Å². The number of thiophene rings is 1. The summed E-state index contributed by atoms with van der Waals surface area (Å²) in [7, 11) is 0. The molecule has 0 saturated heterocycles. The first-order chi connectivity index (χ1) is 6.29. The summed E-state index contributed by atoms with van der Waals surface area (Å²) in [5.41, 5.74) is 0.596. The number of amides is 1. The van der Waals surface area contributed by atoms with E-state index in [-0.39, 0.29) is 5.91 Å². The third-order valence-electron chi connectivity index (χ3n) is 1.91. The standard InChI is InChI=1S/C9H9NO2S/c11-4-8-3-6(5-13-8)9(12)10-7-1-2-7/h3-5,7H,1-2H2,(H,10,12). The van der Waals surface area contributed by atoms with E-state index >= 15 is 0 Å². The predicted octanol–water partition coefficient (Wildman–Crippen LogP) is 1.45. The molecule has 13 heavy (non-hydrogen) atoms. The first-order valence-corrected chi connectivity index (χ1v) is 5.02. The molecule has 68 valence electrons. The van der Waals surface area contributed by atoms with Crippen LogP contribution in [0.2, 0.25) is 0 Å². The van der Waals surface area contributed by atoms with Crippen LogP contribution in [0.3, 0.4) is 0 Å². The van der Waals surface area contributed by atoms with Gasteiger partial charge < -0.3 is 5.32 Å². The Morgan fingerprint density at radius 3 is 2.92 bits per heavy atom. The Balaban J connectivity index is 2.05. The molecule has 1 saturated carbocycles. The largest absolute Gasteiger partial charge is 0.349 e. The van der Waals surface area contributed by atoms with E-state index < -0.39 is 0 Å². The first-order valence-electron chi connectivity index (χ1n) is 4.14. The van der Waals surface area contributed by atoms with Gasteiger partial charge in [-0.25, -0.2) is 0 Å². The summed E-state index contributed by atoms with van der Waals surface area (Å²) in [5.74, 6) is -0.0631. The molecule has 1 amide bonds. The third-order valence-corrected chi connectivity index (χ3v) is 2.77. The molecule has 0 aromatic carbocycles. The Kier molecular flexibility index (Phi) is 2.14. The van der Waals surface area contributed by atoms with Crippen molar-refractivity contribution < 1.29 is 9.59 Å². The minimum Gasteiger partial charge on any atom is -0.349 e. The Morgan fingerprint density at radius 2 is 2.38 bits per heavy atom. The Hall–Kier alpha value is -1.16. The van der Waals surface area contributed by atoms with Gasteiger partial charge in [-0.3, -0.25) is 9.59 Å². The van der Waals surface area contributed by atoms with E-state index in [2.05, 4.69) is 5.32 Å². The van der Waals surface area contributed by atoms with Gasteiger partial charge in [-0.05, 0) is 18.9 Å². The lowest BCUT2D eigenvalue weighted by Gasteiger charge is -1.98. The van der Waals surface area contributed by atoms with Gasteiger partial charge in [-0.15, -0.1) is 11.3 Å². The summed E-state index contributed by atoms with van der Waals surface area (Å²) >= 11 is 1.30. The van der Waals surface area contributed by atoms with Gasteiger partial charge in [0.25, 0.3) is 5.91 Å². The van der Waals surface area contributed by atoms with Crippen molar-refractivity contribution in [1.82, 2.24) is 5.32 Å². The highest BCUT2D eigenvalue weighted by Gasteiger charge is 2.24. The maximum absolute atomic E-state index is 11.4. The summed E-state index contributed by atoms with van der Waals surface area (Å²) in [6, 6.07) is 1.99. The van der Waals surface area contributed by atoms with Crippen LogP contribution in [-0.4, -0.2) is 18.2 Å². The van der Waals surface area contributed by atoms with E-state index in [9.17, 15) is 9.59 Å². The molecule has 0 aliphatic heterocycles. The van der Waals surface area contributed by atoms with Crippen LogP contribution in [0.1, 0.15) is 32.9 Å². The van der Waals surface area contributed by atoms with E-state index in [1.165, 1.54) is 11.3 Å². The Bertz CT molecular complexity index is 341. The summed E-state index contributed by atoms with van der Waals surface area (Å²) < 4.78 is 0. The number of nitrogens with one attached hydrogen (secondary N) is 1. The monoisotopic (exact) mass is 195 g/mol. The Labute approximate surface area is 79.8 Å². The molecule has 0 unspecified atom stereocenters. The van der Waals surface area contributed by atoms with Gasteiger partial charge in [-0.1, -0.05) is 0 Å². The van der Waals surface area contributed by atoms with Crippen molar-refractivity contribution in [3.05, 3.63) is 21.9 Å². The van der Waals surface area contributed by atoms with E-state index in [1.54, 1.807) is 11.4 Å². The molecule has 1 heterocycles. The molecular formula is C9H9NO2S. The van der Waals surface area contributed by atoms with E-state index in [0.29, 0.717) is 16.5 Å². The topological polar surface area (TPSA) is 46.2 Å². The van der Waals surface area contributed by atoms with Crippen molar-refractivity contribution in [3.8, 4) is 0 Å². The maximum Gasteiger partial charge on any atom is 0.252 e. The lowest BCUT2D eigenvalue weighted by molar-refractivity contribution is 0.0951. The fourth-order valence-corrected chi connectivity index (χ4v) is 1.72. The molecule has 1 aliphatic carbocycles. The van der Waals surface area contributed by atoms with Gasteiger partial charge in [-0.2, -0.15) is 0 Å². The molecule has 0 bridgehead atoms. The minimum atomic E-state index is -0.0631. The van der Waals surface area contributed by atoms with Gasteiger partial charge in [0.1, 0.15) is 0 Å². The number of carbonyl (C=O) groups excluding carboxylic acids is 2. The molecule has 1 aliphatic rings. The SMILES string of the molecule is O=Cc1cc(C(=O)NC2CC2)cs1. The van der Waals surface area contributed by atoms with Gasteiger partial charge in [0, 0.05) is 11.4 Å². The lowest BCUT2D eigenvalue weighted by atomic mass is 10.3. The molecule has 1 aromatic heterocycles. The highest BCUT2D eigenvalue weighted by atomic mass is 32.1. The molecular weight excluding hydrogens is 186 g/mol. The van der Waals surface area contributed by atoms with Crippen LogP contribution in [0.25, 0.3) is 0 Å². The summed E-state index contributed by atoms with van der Waals surface area (Å²) in [5, 5.41) is 4.57. The van der Waals surface area contributed by atoms with Crippen LogP contribution in [0.4, 0.5) is 0 Å². The van der Waals surface area contributed by atoms with Crippen LogP contribution in [0.5, 0.6) is 0 Å². The van der Waals surface area contributed by atoms with Gasteiger partial charge in [0.05, 0.1) is 10.4 Å². The minimum absolute atomic E-state index is 0.0631. The predicted molar refractivity (Wildman–Crippen MR) is 50.2 cm³/mol. The average Bonchev–Trinajstić information content (AvgIpc) is 2.82. The van der Waals surface area contributed by atoms with Gasteiger partial charge in [0.2, 0.25) is 0 Å². The maximum atomic E-state index is 11.4. The Morgan fingerprint density at radius 1 is 1.62 bits per heavy atom. The van der Waals surface area contributed by atoms with E-state index in [1.807, 2.05) is 0 Å². The van der Waals surface area contributed by atoms with Crippen LogP contribution >= 0.6 is 11.3 Å². The summed E-state index contributed by atoms with van der Waals surface area (Å²) in [4.78, 5) is 22.4. The molecule has 1 fully saturated rings.